The summed E-state index contributed by atoms with van der Waals surface area (Å²) in [6.45, 7) is 2.71. The van der Waals surface area contributed by atoms with Crippen LogP contribution in [-0.4, -0.2) is 25.3 Å². The van der Waals surface area contributed by atoms with Gasteiger partial charge in [-0.05, 0) is 80.1 Å². The lowest BCUT2D eigenvalue weighted by atomic mass is 9.49. The monoisotopic (exact) mass is 330 g/mol. The van der Waals surface area contributed by atoms with E-state index >= 15 is 0 Å². The topological polar surface area (TPSA) is 43.4 Å². The first-order valence-electron chi connectivity index (χ1n) is 9.80. The van der Waals surface area contributed by atoms with Gasteiger partial charge in [-0.15, -0.1) is 0 Å². The van der Waals surface area contributed by atoms with Gasteiger partial charge < -0.3 is 4.74 Å². The molecule has 0 aromatic carbocycles. The first-order valence-corrected chi connectivity index (χ1v) is 9.80. The lowest BCUT2D eigenvalue weighted by molar-refractivity contribution is -0.129. The van der Waals surface area contributed by atoms with Crippen molar-refractivity contribution in [3.8, 4) is 0 Å². The molecule has 3 saturated carbocycles. The Morgan fingerprint density at radius 3 is 2.71 bits per heavy atom. The molecule has 6 unspecified atom stereocenters. The van der Waals surface area contributed by atoms with Gasteiger partial charge >= 0.3 is 0 Å². The number of ether oxygens (including phenoxy) is 1. The van der Waals surface area contributed by atoms with E-state index in [0.717, 1.165) is 43.4 Å². The number of carbonyl (C=O) groups excluding carboxylic acids is 2. The van der Waals surface area contributed by atoms with Gasteiger partial charge in [0, 0.05) is 19.4 Å². The molecular weight excluding hydrogens is 300 g/mol. The predicted octanol–water partition coefficient (Wildman–Crippen LogP) is 3.96. The van der Waals surface area contributed by atoms with Gasteiger partial charge in [-0.3, -0.25) is 9.59 Å². The van der Waals surface area contributed by atoms with Crippen molar-refractivity contribution in [3.05, 3.63) is 11.6 Å². The van der Waals surface area contributed by atoms with E-state index in [1.807, 2.05) is 6.08 Å². The van der Waals surface area contributed by atoms with E-state index in [1.165, 1.54) is 31.3 Å². The maximum absolute atomic E-state index is 12.4. The Kier molecular flexibility index (Phi) is 4.19. The van der Waals surface area contributed by atoms with Gasteiger partial charge in [-0.25, -0.2) is 0 Å². The molecule has 0 amide bonds. The highest BCUT2D eigenvalue weighted by Gasteiger charge is 2.55. The minimum atomic E-state index is 0.244. The zero-order chi connectivity index (χ0) is 16.9. The van der Waals surface area contributed by atoms with Crippen LogP contribution in [0.2, 0.25) is 0 Å². The van der Waals surface area contributed by atoms with E-state index < -0.39 is 0 Å². The van der Waals surface area contributed by atoms with Crippen molar-refractivity contribution in [1.29, 1.82) is 0 Å². The van der Waals surface area contributed by atoms with Crippen LogP contribution in [0.5, 0.6) is 0 Å². The Bertz CT molecular complexity index is 578. The Hall–Kier alpha value is -0.960. The van der Waals surface area contributed by atoms with Gasteiger partial charge in [-0.2, -0.15) is 0 Å². The molecule has 0 aliphatic heterocycles. The summed E-state index contributed by atoms with van der Waals surface area (Å²) in [5.41, 5.74) is 1.68. The zero-order valence-corrected chi connectivity index (χ0v) is 15.1. The molecule has 0 saturated heterocycles. The van der Waals surface area contributed by atoms with Crippen molar-refractivity contribution >= 4 is 11.6 Å². The van der Waals surface area contributed by atoms with Crippen molar-refractivity contribution in [2.24, 2.45) is 35.0 Å². The lowest BCUT2D eigenvalue weighted by Gasteiger charge is -2.55. The van der Waals surface area contributed by atoms with E-state index in [9.17, 15) is 9.59 Å². The number of fused-ring (bicyclic) bond motifs is 5. The fourth-order valence-corrected chi connectivity index (χ4v) is 6.86. The molecule has 3 nitrogen and oxygen atoms in total. The Morgan fingerprint density at radius 1 is 1.12 bits per heavy atom. The Balaban J connectivity index is 1.56. The summed E-state index contributed by atoms with van der Waals surface area (Å²) in [7, 11) is 1.63. The average Bonchev–Trinajstić information content (AvgIpc) is 3.00. The SMILES string of the molecule is COCC(=O)C1CCC2C1CCC1C2CCC2=CC(=O)CCC21C. The van der Waals surface area contributed by atoms with Crippen LogP contribution in [0.4, 0.5) is 0 Å². The summed E-state index contributed by atoms with van der Waals surface area (Å²) in [5, 5.41) is 0. The molecule has 24 heavy (non-hydrogen) atoms. The largest absolute Gasteiger partial charge is 0.377 e. The first-order chi connectivity index (χ1) is 11.5. The summed E-state index contributed by atoms with van der Waals surface area (Å²) >= 11 is 0. The van der Waals surface area contributed by atoms with Gasteiger partial charge in [0.1, 0.15) is 6.61 Å². The molecule has 3 fully saturated rings. The summed E-state index contributed by atoms with van der Waals surface area (Å²) in [6, 6.07) is 0. The summed E-state index contributed by atoms with van der Waals surface area (Å²) in [6.07, 6.45) is 10.8. The number of methoxy groups -OCH3 is 1. The highest BCUT2D eigenvalue weighted by atomic mass is 16.5. The fourth-order valence-electron chi connectivity index (χ4n) is 6.86. The van der Waals surface area contributed by atoms with Gasteiger partial charge in [0.15, 0.2) is 11.6 Å². The number of carbonyl (C=O) groups is 2. The molecule has 0 heterocycles. The van der Waals surface area contributed by atoms with Crippen molar-refractivity contribution in [3.63, 3.8) is 0 Å². The molecule has 6 atom stereocenters. The van der Waals surface area contributed by atoms with Crippen molar-refractivity contribution in [2.45, 2.75) is 58.3 Å². The third kappa shape index (κ3) is 2.42. The van der Waals surface area contributed by atoms with E-state index in [1.54, 1.807) is 7.11 Å². The summed E-state index contributed by atoms with van der Waals surface area (Å²) < 4.78 is 5.11. The van der Waals surface area contributed by atoms with Gasteiger partial charge in [0.2, 0.25) is 0 Å². The Labute approximate surface area is 145 Å². The molecule has 132 valence electrons. The molecule has 0 spiro atoms. The molecule has 4 aliphatic rings. The number of hydrogen-bond donors (Lipinski definition) is 0. The highest BCUT2D eigenvalue weighted by molar-refractivity contribution is 5.91. The standard InChI is InChI=1S/C21H30O3/c1-21-10-9-14(22)11-13(21)3-4-17-15-5-6-18(20(23)12-24-2)16(15)7-8-19(17)21/h11,15-19H,3-10,12H2,1-2H3. The van der Waals surface area contributed by atoms with E-state index in [4.69, 9.17) is 4.74 Å². The summed E-state index contributed by atoms with van der Waals surface area (Å²) in [4.78, 5) is 24.3. The maximum atomic E-state index is 12.4. The number of allylic oxidation sites excluding steroid dienone is 1. The van der Waals surface area contributed by atoms with Gasteiger partial charge in [0.25, 0.3) is 0 Å². The van der Waals surface area contributed by atoms with Gasteiger partial charge in [-0.1, -0.05) is 12.5 Å². The number of Topliss-reactive ketones (excluding diaryl/α,β-unsaturated/α-hetero) is 1. The molecule has 4 rings (SSSR count). The summed E-state index contributed by atoms with van der Waals surface area (Å²) in [5.74, 6) is 3.71. The molecule has 0 bridgehead atoms. The van der Waals surface area contributed by atoms with Crippen LogP contribution in [0.1, 0.15) is 58.3 Å². The predicted molar refractivity (Wildman–Crippen MR) is 92.5 cm³/mol. The van der Waals surface area contributed by atoms with Crippen molar-refractivity contribution in [2.75, 3.05) is 13.7 Å². The third-order valence-electron chi connectivity index (χ3n) is 7.98. The second-order valence-corrected chi connectivity index (χ2v) is 8.85. The van der Waals surface area contributed by atoms with Crippen LogP contribution in [0.3, 0.4) is 0 Å². The third-order valence-corrected chi connectivity index (χ3v) is 7.98. The molecular formula is C21H30O3. The smallest absolute Gasteiger partial charge is 0.161 e. The molecule has 0 N–H and O–H groups in total. The number of ketones is 2. The van der Waals surface area contributed by atoms with Crippen LogP contribution in [0.15, 0.2) is 11.6 Å². The van der Waals surface area contributed by atoms with Crippen molar-refractivity contribution < 1.29 is 14.3 Å². The quantitative estimate of drug-likeness (QED) is 0.786. The zero-order valence-electron chi connectivity index (χ0n) is 15.1. The van der Waals surface area contributed by atoms with Crippen LogP contribution in [0, 0.1) is 35.0 Å². The molecule has 0 aromatic heterocycles. The molecule has 0 aromatic rings. The molecule has 4 aliphatic carbocycles. The highest BCUT2D eigenvalue weighted by Crippen LogP contribution is 2.62. The fraction of sp³-hybridized carbons (Fsp3) is 0.810. The van der Waals surface area contributed by atoms with Crippen molar-refractivity contribution in [1.82, 2.24) is 0 Å². The van der Waals surface area contributed by atoms with Crippen LogP contribution < -0.4 is 0 Å². The maximum Gasteiger partial charge on any atom is 0.161 e. The Morgan fingerprint density at radius 2 is 1.92 bits per heavy atom. The lowest BCUT2D eigenvalue weighted by Crippen LogP contribution is -2.47. The van der Waals surface area contributed by atoms with E-state index in [2.05, 4.69) is 6.92 Å². The normalized spacial score (nSPS) is 44.3. The minimum Gasteiger partial charge on any atom is -0.377 e. The second kappa shape index (κ2) is 6.09. The first kappa shape index (κ1) is 16.5. The molecule has 0 radical (unpaired) electrons. The number of hydrogen-bond acceptors (Lipinski definition) is 3. The van der Waals surface area contributed by atoms with E-state index in [0.29, 0.717) is 17.5 Å². The van der Waals surface area contributed by atoms with Crippen LogP contribution >= 0.6 is 0 Å². The van der Waals surface area contributed by atoms with Gasteiger partial charge in [0.05, 0.1) is 0 Å². The number of rotatable bonds is 3. The van der Waals surface area contributed by atoms with Crippen LogP contribution in [-0.2, 0) is 14.3 Å². The molecule has 3 heteroatoms. The van der Waals surface area contributed by atoms with Crippen LogP contribution in [0.25, 0.3) is 0 Å². The van der Waals surface area contributed by atoms with E-state index in [-0.39, 0.29) is 17.9 Å². The average molecular weight is 330 g/mol. The second-order valence-electron chi connectivity index (χ2n) is 8.85. The minimum absolute atomic E-state index is 0.244.